The van der Waals surface area contributed by atoms with Crippen molar-refractivity contribution < 1.29 is 14.3 Å². The molecule has 1 aliphatic rings. The number of aromatic amines is 1. The van der Waals surface area contributed by atoms with Crippen LogP contribution in [0.5, 0.6) is 0 Å². The number of H-pyrrole nitrogens is 1. The van der Waals surface area contributed by atoms with Crippen LogP contribution in [0.4, 0.5) is 0 Å². The summed E-state index contributed by atoms with van der Waals surface area (Å²) in [7, 11) is 1.37. The Labute approximate surface area is 94.1 Å². The van der Waals surface area contributed by atoms with Crippen molar-refractivity contribution in [3.8, 4) is 0 Å². The van der Waals surface area contributed by atoms with Crippen LogP contribution >= 0.6 is 0 Å². The fourth-order valence-electron chi connectivity index (χ4n) is 1.73. The summed E-state index contributed by atoms with van der Waals surface area (Å²) in [5, 5.41) is 3.37. The molecule has 0 bridgehead atoms. The van der Waals surface area contributed by atoms with E-state index >= 15 is 0 Å². The van der Waals surface area contributed by atoms with Gasteiger partial charge in [0, 0.05) is 25.4 Å². The Hall–Kier alpha value is -1.33. The van der Waals surface area contributed by atoms with Gasteiger partial charge >= 0.3 is 5.97 Å². The maximum atomic E-state index is 11.2. The monoisotopic (exact) mass is 224 g/mol. The van der Waals surface area contributed by atoms with Crippen LogP contribution in [-0.2, 0) is 16.0 Å². The van der Waals surface area contributed by atoms with Crippen molar-refractivity contribution in [3.05, 3.63) is 23.5 Å². The number of carbonyl (C=O) groups is 1. The van der Waals surface area contributed by atoms with Gasteiger partial charge in [-0.2, -0.15) is 0 Å². The number of hydrogen-bond donors (Lipinski definition) is 2. The maximum absolute atomic E-state index is 11.2. The number of methoxy groups -OCH3 is 1. The molecule has 0 radical (unpaired) electrons. The summed E-state index contributed by atoms with van der Waals surface area (Å²) in [6.45, 7) is 2.34. The van der Waals surface area contributed by atoms with Crippen LogP contribution < -0.4 is 5.32 Å². The summed E-state index contributed by atoms with van der Waals surface area (Å²) in [4.78, 5) is 14.1. The van der Waals surface area contributed by atoms with E-state index in [4.69, 9.17) is 4.74 Å². The Balaban J connectivity index is 1.85. The maximum Gasteiger partial charge on any atom is 0.354 e. The minimum absolute atomic E-state index is 0.338. The highest BCUT2D eigenvalue weighted by Crippen LogP contribution is 2.07. The van der Waals surface area contributed by atoms with Crippen molar-refractivity contribution in [1.29, 1.82) is 0 Å². The van der Waals surface area contributed by atoms with Crippen LogP contribution in [0, 0.1) is 0 Å². The molecule has 1 saturated heterocycles. The van der Waals surface area contributed by atoms with Gasteiger partial charge in [0.25, 0.3) is 0 Å². The predicted octanol–water partition coefficient (Wildman–Crippen LogP) is 0.680. The second-order valence-electron chi connectivity index (χ2n) is 3.85. The lowest BCUT2D eigenvalue weighted by molar-refractivity contribution is 0.0595. The summed E-state index contributed by atoms with van der Waals surface area (Å²) < 4.78 is 9.88. The molecule has 2 heterocycles. The lowest BCUT2D eigenvalue weighted by Gasteiger charge is -2.08. The molecule has 1 aliphatic heterocycles. The van der Waals surface area contributed by atoms with Crippen molar-refractivity contribution >= 4 is 5.97 Å². The highest BCUT2D eigenvalue weighted by Gasteiger charge is 2.15. The molecule has 88 valence electrons. The summed E-state index contributed by atoms with van der Waals surface area (Å²) in [6.07, 6.45) is 2.86. The van der Waals surface area contributed by atoms with Crippen molar-refractivity contribution in [3.63, 3.8) is 0 Å². The normalized spacial score (nSPS) is 19.9. The van der Waals surface area contributed by atoms with Gasteiger partial charge in [0.15, 0.2) is 0 Å². The molecule has 2 N–H and O–H groups in total. The van der Waals surface area contributed by atoms with Crippen LogP contribution in [0.25, 0.3) is 0 Å². The molecule has 1 fully saturated rings. The average Bonchev–Trinajstić information content (AvgIpc) is 2.96. The Morgan fingerprint density at radius 2 is 2.62 bits per heavy atom. The molecule has 1 atom stereocenters. The third-order valence-electron chi connectivity index (χ3n) is 2.67. The van der Waals surface area contributed by atoms with Crippen molar-refractivity contribution in [1.82, 2.24) is 10.3 Å². The van der Waals surface area contributed by atoms with E-state index in [2.05, 4.69) is 15.0 Å². The first-order chi connectivity index (χ1) is 7.79. The van der Waals surface area contributed by atoms with E-state index in [1.807, 2.05) is 6.20 Å². The minimum atomic E-state index is -0.338. The molecular weight excluding hydrogens is 208 g/mol. The van der Waals surface area contributed by atoms with Crippen LogP contribution in [0.2, 0.25) is 0 Å². The Bertz CT molecular complexity index is 356. The molecule has 1 aromatic heterocycles. The molecule has 5 nitrogen and oxygen atoms in total. The highest BCUT2D eigenvalue weighted by molar-refractivity contribution is 5.87. The molecule has 5 heteroatoms. The molecular formula is C11H16N2O3. The van der Waals surface area contributed by atoms with Gasteiger partial charge in [-0.15, -0.1) is 0 Å². The van der Waals surface area contributed by atoms with E-state index in [1.165, 1.54) is 7.11 Å². The fraction of sp³-hybridized carbons (Fsp3) is 0.545. The van der Waals surface area contributed by atoms with Gasteiger partial charge < -0.3 is 19.8 Å². The molecule has 2 rings (SSSR count). The zero-order valence-electron chi connectivity index (χ0n) is 9.29. The van der Waals surface area contributed by atoms with Crippen molar-refractivity contribution in [2.45, 2.75) is 19.0 Å². The Morgan fingerprint density at radius 3 is 3.31 bits per heavy atom. The highest BCUT2D eigenvalue weighted by atomic mass is 16.5. The van der Waals surface area contributed by atoms with E-state index in [1.54, 1.807) is 6.07 Å². The number of aromatic nitrogens is 1. The van der Waals surface area contributed by atoms with Crippen LogP contribution in [0.3, 0.4) is 0 Å². The van der Waals surface area contributed by atoms with E-state index in [-0.39, 0.29) is 5.97 Å². The minimum Gasteiger partial charge on any atom is -0.464 e. The standard InChI is InChI=1S/C11H16N2O3/c1-15-11(14)10-4-8(6-13-10)5-12-9-2-3-16-7-9/h4,6,9,12-13H,2-3,5,7H2,1H3. The molecule has 0 aromatic carbocycles. The first kappa shape index (κ1) is 11.2. The van der Waals surface area contributed by atoms with E-state index in [0.717, 1.165) is 31.7 Å². The van der Waals surface area contributed by atoms with Crippen LogP contribution in [-0.4, -0.2) is 37.3 Å². The molecule has 16 heavy (non-hydrogen) atoms. The fourth-order valence-corrected chi connectivity index (χ4v) is 1.73. The van der Waals surface area contributed by atoms with Crippen LogP contribution in [0.1, 0.15) is 22.5 Å². The molecule has 0 spiro atoms. The molecule has 0 amide bonds. The van der Waals surface area contributed by atoms with Crippen LogP contribution in [0.15, 0.2) is 12.3 Å². The van der Waals surface area contributed by atoms with Crippen molar-refractivity contribution in [2.24, 2.45) is 0 Å². The van der Waals surface area contributed by atoms with E-state index in [0.29, 0.717) is 11.7 Å². The quantitative estimate of drug-likeness (QED) is 0.738. The number of nitrogens with one attached hydrogen (secondary N) is 2. The van der Waals surface area contributed by atoms with Gasteiger partial charge in [0.05, 0.1) is 13.7 Å². The lowest BCUT2D eigenvalue weighted by atomic mass is 10.2. The summed E-state index contributed by atoms with van der Waals surface area (Å²) in [5.41, 5.74) is 1.54. The Kier molecular flexibility index (Phi) is 3.58. The number of ether oxygens (including phenoxy) is 2. The lowest BCUT2D eigenvalue weighted by Crippen LogP contribution is -2.28. The van der Waals surface area contributed by atoms with Gasteiger partial charge in [0.2, 0.25) is 0 Å². The smallest absolute Gasteiger partial charge is 0.354 e. The van der Waals surface area contributed by atoms with Gasteiger partial charge in [-0.05, 0) is 18.1 Å². The largest absolute Gasteiger partial charge is 0.464 e. The van der Waals surface area contributed by atoms with Gasteiger partial charge in [-0.1, -0.05) is 0 Å². The molecule has 1 unspecified atom stereocenters. The molecule has 0 saturated carbocycles. The van der Waals surface area contributed by atoms with Gasteiger partial charge in [0.1, 0.15) is 5.69 Å². The average molecular weight is 224 g/mol. The van der Waals surface area contributed by atoms with E-state index < -0.39 is 0 Å². The zero-order chi connectivity index (χ0) is 11.4. The predicted molar refractivity (Wildman–Crippen MR) is 58.2 cm³/mol. The number of carbonyl (C=O) groups excluding carboxylic acids is 1. The molecule has 1 aromatic rings. The first-order valence-corrected chi connectivity index (χ1v) is 5.36. The summed E-state index contributed by atoms with van der Waals surface area (Å²) in [6, 6.07) is 2.23. The second-order valence-corrected chi connectivity index (χ2v) is 3.85. The van der Waals surface area contributed by atoms with Gasteiger partial charge in [-0.3, -0.25) is 0 Å². The van der Waals surface area contributed by atoms with Crippen molar-refractivity contribution in [2.75, 3.05) is 20.3 Å². The first-order valence-electron chi connectivity index (χ1n) is 5.36. The number of hydrogen-bond acceptors (Lipinski definition) is 4. The second kappa shape index (κ2) is 5.14. The summed E-state index contributed by atoms with van der Waals surface area (Å²) in [5.74, 6) is -0.338. The summed E-state index contributed by atoms with van der Waals surface area (Å²) >= 11 is 0. The third-order valence-corrected chi connectivity index (χ3v) is 2.67. The van der Waals surface area contributed by atoms with Gasteiger partial charge in [-0.25, -0.2) is 4.79 Å². The number of esters is 1. The topological polar surface area (TPSA) is 63.4 Å². The zero-order valence-corrected chi connectivity index (χ0v) is 9.29. The number of rotatable bonds is 4. The van der Waals surface area contributed by atoms with E-state index in [9.17, 15) is 4.79 Å². The Morgan fingerprint density at radius 1 is 1.75 bits per heavy atom. The molecule has 0 aliphatic carbocycles. The SMILES string of the molecule is COC(=O)c1cc(CNC2CCOC2)c[nH]1. The third kappa shape index (κ3) is 2.62.